The highest BCUT2D eigenvalue weighted by atomic mass is 15.8. The Hall–Kier alpha value is -5.14. The van der Waals surface area contributed by atoms with E-state index in [9.17, 15) is 5.26 Å². The summed E-state index contributed by atoms with van der Waals surface area (Å²) in [5.74, 6) is 0.882. The number of nitriles is 1. The molecule has 0 atom stereocenters. The number of aryl methyl sites for hydroxylation is 1. The Balaban J connectivity index is 1.68. The molecular weight excluding hydrogens is 464 g/mol. The third-order valence-electron chi connectivity index (χ3n) is 6.94. The molecule has 0 aliphatic carbocycles. The number of nitrogens with zero attached hydrogens (tertiary/aromatic N) is 4. The predicted molar refractivity (Wildman–Crippen MR) is 154 cm³/mol. The van der Waals surface area contributed by atoms with Crippen LogP contribution in [-0.2, 0) is 5.54 Å². The lowest BCUT2D eigenvalue weighted by atomic mass is 9.76. The SMILES string of the molecule is Cc1ccc(N=C2N(c3ccc(C#N)cc3)N(c3ccccc3)C2(c2ccccc2)c2ccccc2)cc1. The Kier molecular flexibility index (Phi) is 5.95. The zero-order chi connectivity index (χ0) is 26.0. The van der Waals surface area contributed by atoms with Crippen LogP contribution in [0.1, 0.15) is 22.3 Å². The van der Waals surface area contributed by atoms with Crippen LogP contribution in [0.2, 0.25) is 0 Å². The van der Waals surface area contributed by atoms with Crippen molar-refractivity contribution in [2.75, 3.05) is 10.0 Å². The van der Waals surface area contributed by atoms with E-state index in [2.05, 4.69) is 120 Å². The third-order valence-corrected chi connectivity index (χ3v) is 6.94. The number of amidine groups is 1. The second kappa shape index (κ2) is 9.72. The number of hydrogen-bond acceptors (Lipinski definition) is 3. The van der Waals surface area contributed by atoms with Gasteiger partial charge in [-0.1, -0.05) is 96.6 Å². The number of rotatable bonds is 5. The van der Waals surface area contributed by atoms with Crippen LogP contribution in [0.25, 0.3) is 0 Å². The Labute approximate surface area is 223 Å². The molecule has 38 heavy (non-hydrogen) atoms. The normalized spacial score (nSPS) is 15.1. The van der Waals surface area contributed by atoms with E-state index in [0.717, 1.165) is 34.0 Å². The van der Waals surface area contributed by atoms with Crippen LogP contribution in [0.15, 0.2) is 145 Å². The van der Waals surface area contributed by atoms with Crippen LogP contribution >= 0.6 is 0 Å². The predicted octanol–water partition coefficient (Wildman–Crippen LogP) is 7.78. The largest absolute Gasteiger partial charge is 0.257 e. The van der Waals surface area contributed by atoms with Gasteiger partial charge in [0.15, 0.2) is 11.4 Å². The van der Waals surface area contributed by atoms with Gasteiger partial charge in [0.05, 0.1) is 28.7 Å². The minimum Gasteiger partial charge on any atom is -0.257 e. The molecule has 1 heterocycles. The molecule has 0 aromatic heterocycles. The maximum atomic E-state index is 9.42. The average Bonchev–Trinajstić information content (AvgIpc) is 2.98. The molecule has 182 valence electrons. The zero-order valence-corrected chi connectivity index (χ0v) is 21.1. The van der Waals surface area contributed by atoms with Crippen molar-refractivity contribution in [3.8, 4) is 6.07 Å². The summed E-state index contributed by atoms with van der Waals surface area (Å²) in [6.07, 6.45) is 0. The van der Waals surface area contributed by atoms with Gasteiger partial charge in [-0.15, -0.1) is 0 Å². The van der Waals surface area contributed by atoms with Crippen molar-refractivity contribution in [3.05, 3.63) is 162 Å². The van der Waals surface area contributed by atoms with Crippen LogP contribution in [-0.4, -0.2) is 5.84 Å². The second-order valence-corrected chi connectivity index (χ2v) is 9.33. The summed E-state index contributed by atoms with van der Waals surface area (Å²) in [5, 5.41) is 13.9. The molecule has 1 saturated heterocycles. The van der Waals surface area contributed by atoms with Crippen molar-refractivity contribution in [1.29, 1.82) is 5.26 Å². The van der Waals surface area contributed by atoms with Crippen molar-refractivity contribution in [3.63, 3.8) is 0 Å². The van der Waals surface area contributed by atoms with Crippen LogP contribution in [0.4, 0.5) is 17.1 Å². The average molecular weight is 491 g/mol. The lowest BCUT2D eigenvalue weighted by Gasteiger charge is -2.62. The first-order valence-corrected chi connectivity index (χ1v) is 12.6. The van der Waals surface area contributed by atoms with Gasteiger partial charge in [0.25, 0.3) is 0 Å². The van der Waals surface area contributed by atoms with Gasteiger partial charge in [0, 0.05) is 0 Å². The summed E-state index contributed by atoms with van der Waals surface area (Å²) in [6, 6.07) is 49.7. The molecule has 0 unspecified atom stereocenters. The van der Waals surface area contributed by atoms with Crippen molar-refractivity contribution < 1.29 is 0 Å². The van der Waals surface area contributed by atoms with E-state index in [0.29, 0.717) is 5.56 Å². The summed E-state index contributed by atoms with van der Waals surface area (Å²) < 4.78 is 0. The molecule has 6 rings (SSSR count). The molecule has 0 N–H and O–H groups in total. The lowest BCUT2D eigenvalue weighted by molar-refractivity contribution is 0.535. The minimum atomic E-state index is -0.692. The van der Waals surface area contributed by atoms with Crippen LogP contribution in [0, 0.1) is 18.3 Å². The molecule has 1 aliphatic rings. The van der Waals surface area contributed by atoms with Crippen molar-refractivity contribution in [2.45, 2.75) is 12.5 Å². The number of aliphatic imine (C=N–C) groups is 1. The van der Waals surface area contributed by atoms with Gasteiger partial charge in [-0.2, -0.15) is 5.26 Å². The number of anilines is 2. The Morgan fingerprint density at radius 1 is 0.605 bits per heavy atom. The van der Waals surface area contributed by atoms with Crippen LogP contribution in [0.5, 0.6) is 0 Å². The van der Waals surface area contributed by atoms with E-state index in [4.69, 9.17) is 4.99 Å². The molecule has 0 saturated carbocycles. The second-order valence-electron chi connectivity index (χ2n) is 9.33. The molecule has 1 fully saturated rings. The van der Waals surface area contributed by atoms with Crippen molar-refractivity contribution in [1.82, 2.24) is 0 Å². The van der Waals surface area contributed by atoms with Crippen molar-refractivity contribution >= 4 is 22.9 Å². The van der Waals surface area contributed by atoms with Gasteiger partial charge >= 0.3 is 0 Å². The van der Waals surface area contributed by atoms with E-state index in [1.165, 1.54) is 5.56 Å². The quantitative estimate of drug-likeness (QED) is 0.253. The molecule has 0 bridgehead atoms. The number of hydrogen-bond donors (Lipinski definition) is 0. The van der Waals surface area contributed by atoms with Gasteiger partial charge in [-0.3, -0.25) is 5.01 Å². The first-order valence-electron chi connectivity index (χ1n) is 12.6. The summed E-state index contributed by atoms with van der Waals surface area (Å²) in [5.41, 5.74) is 6.20. The highest BCUT2D eigenvalue weighted by Gasteiger charge is 2.60. The standard InChI is InChI=1S/C34H26N4/c1-26-17-21-30(22-18-26)36-33-34(28-11-5-2-6-12-28,29-13-7-3-8-14-29)38(32-15-9-4-10-16-32)37(33)31-23-19-27(25-35)20-24-31/h2-24H,1H3. The maximum absolute atomic E-state index is 9.42. The minimum absolute atomic E-state index is 0.620. The maximum Gasteiger partial charge on any atom is 0.171 e. The molecular formula is C34H26N4. The topological polar surface area (TPSA) is 42.6 Å². The molecule has 4 nitrogen and oxygen atoms in total. The van der Waals surface area contributed by atoms with Gasteiger partial charge < -0.3 is 0 Å². The van der Waals surface area contributed by atoms with Gasteiger partial charge in [-0.25, -0.2) is 10.0 Å². The number of hydrazine groups is 1. The summed E-state index contributed by atoms with van der Waals surface area (Å²) in [7, 11) is 0. The Morgan fingerprint density at radius 2 is 1.13 bits per heavy atom. The molecule has 0 radical (unpaired) electrons. The Morgan fingerprint density at radius 3 is 1.66 bits per heavy atom. The molecule has 1 aliphatic heterocycles. The Bertz CT molecular complexity index is 1560. The van der Waals surface area contributed by atoms with Gasteiger partial charge in [-0.05, 0) is 66.6 Å². The fraction of sp³-hybridized carbons (Fsp3) is 0.0588. The summed E-state index contributed by atoms with van der Waals surface area (Å²) in [6.45, 7) is 2.08. The smallest absolute Gasteiger partial charge is 0.171 e. The van der Waals surface area contributed by atoms with Gasteiger partial charge in [0.1, 0.15) is 0 Å². The molecule has 0 spiro atoms. The van der Waals surface area contributed by atoms with Crippen molar-refractivity contribution in [2.24, 2.45) is 4.99 Å². The van der Waals surface area contributed by atoms with Crippen LogP contribution in [0.3, 0.4) is 0 Å². The first kappa shape index (κ1) is 23.3. The molecule has 5 aromatic rings. The van der Waals surface area contributed by atoms with E-state index in [1.54, 1.807) is 0 Å². The lowest BCUT2D eigenvalue weighted by Crippen LogP contribution is -2.77. The van der Waals surface area contributed by atoms with E-state index in [1.807, 2.05) is 42.5 Å². The number of benzene rings is 5. The highest BCUT2D eigenvalue weighted by molar-refractivity contribution is 6.19. The van der Waals surface area contributed by atoms with E-state index >= 15 is 0 Å². The summed E-state index contributed by atoms with van der Waals surface area (Å²) >= 11 is 0. The summed E-state index contributed by atoms with van der Waals surface area (Å²) in [4.78, 5) is 5.32. The van der Waals surface area contributed by atoms with E-state index in [-0.39, 0.29) is 0 Å². The number of para-hydroxylation sites is 1. The zero-order valence-electron chi connectivity index (χ0n) is 21.1. The first-order chi connectivity index (χ1) is 18.7. The van der Waals surface area contributed by atoms with E-state index < -0.39 is 5.54 Å². The fourth-order valence-corrected chi connectivity index (χ4v) is 5.14. The molecule has 4 heteroatoms. The molecule has 5 aromatic carbocycles. The highest BCUT2D eigenvalue weighted by Crippen LogP contribution is 2.52. The van der Waals surface area contributed by atoms with Gasteiger partial charge in [0.2, 0.25) is 0 Å². The van der Waals surface area contributed by atoms with Crippen LogP contribution < -0.4 is 10.0 Å². The monoisotopic (exact) mass is 490 g/mol. The fourth-order valence-electron chi connectivity index (χ4n) is 5.14. The molecule has 0 amide bonds. The third kappa shape index (κ3) is 3.82.